The van der Waals surface area contributed by atoms with Crippen LogP contribution < -0.4 is 10.5 Å². The van der Waals surface area contributed by atoms with Crippen LogP contribution >= 0.6 is 11.6 Å². The molecule has 2 atom stereocenters. The summed E-state index contributed by atoms with van der Waals surface area (Å²) >= 11 is 5.76. The Morgan fingerprint density at radius 3 is 2.75 bits per heavy atom. The largest absolute Gasteiger partial charge is 0.458 e. The molecular formula is C15H13ClFNO2. The lowest BCUT2D eigenvalue weighted by atomic mass is 10.0. The minimum atomic E-state index is -1.29. The molecule has 2 unspecified atom stereocenters. The van der Waals surface area contributed by atoms with Crippen LogP contribution in [0.15, 0.2) is 42.5 Å². The van der Waals surface area contributed by atoms with Gasteiger partial charge in [0.05, 0.1) is 5.56 Å². The molecule has 0 fully saturated rings. The summed E-state index contributed by atoms with van der Waals surface area (Å²) in [4.78, 5) is 0. The molecule has 20 heavy (non-hydrogen) atoms. The molecule has 3 rings (SSSR count). The van der Waals surface area contributed by atoms with E-state index in [1.807, 2.05) is 18.2 Å². The van der Waals surface area contributed by atoms with E-state index in [2.05, 4.69) is 0 Å². The van der Waals surface area contributed by atoms with Gasteiger partial charge in [0.15, 0.2) is 0 Å². The SMILES string of the molecule is CC1(c2ccc(Cl)cc2F)Oc2ccccc2C(N)O1. The first-order chi connectivity index (χ1) is 9.49. The molecule has 0 amide bonds. The molecular weight excluding hydrogens is 281 g/mol. The Labute approximate surface area is 121 Å². The number of benzene rings is 2. The van der Waals surface area contributed by atoms with Crippen LogP contribution in [0.2, 0.25) is 5.02 Å². The van der Waals surface area contributed by atoms with Crippen LogP contribution in [0.3, 0.4) is 0 Å². The van der Waals surface area contributed by atoms with Crippen molar-refractivity contribution in [1.29, 1.82) is 0 Å². The maximum atomic E-state index is 14.1. The van der Waals surface area contributed by atoms with E-state index < -0.39 is 17.8 Å². The molecule has 0 saturated carbocycles. The van der Waals surface area contributed by atoms with Crippen molar-refractivity contribution in [1.82, 2.24) is 0 Å². The van der Waals surface area contributed by atoms with E-state index in [-0.39, 0.29) is 5.56 Å². The van der Waals surface area contributed by atoms with E-state index >= 15 is 0 Å². The number of fused-ring (bicyclic) bond motifs is 1. The lowest BCUT2D eigenvalue weighted by Crippen LogP contribution is -2.41. The molecule has 0 bridgehead atoms. The Kier molecular flexibility index (Phi) is 3.17. The summed E-state index contributed by atoms with van der Waals surface area (Å²) in [6.45, 7) is 1.63. The normalized spacial score (nSPS) is 24.9. The topological polar surface area (TPSA) is 44.5 Å². The lowest BCUT2D eigenvalue weighted by molar-refractivity contribution is -0.227. The third-order valence-corrected chi connectivity index (χ3v) is 3.54. The van der Waals surface area contributed by atoms with Gasteiger partial charge in [-0.1, -0.05) is 29.8 Å². The molecule has 2 N–H and O–H groups in total. The second kappa shape index (κ2) is 4.74. The molecule has 5 heteroatoms. The fourth-order valence-corrected chi connectivity index (χ4v) is 2.48. The summed E-state index contributed by atoms with van der Waals surface area (Å²) in [5.74, 6) is -1.20. The van der Waals surface area contributed by atoms with Gasteiger partial charge in [0.2, 0.25) is 5.79 Å². The maximum absolute atomic E-state index is 14.1. The van der Waals surface area contributed by atoms with Crippen molar-refractivity contribution in [2.24, 2.45) is 5.73 Å². The Balaban J connectivity index is 2.06. The van der Waals surface area contributed by atoms with Crippen molar-refractivity contribution in [2.75, 3.05) is 0 Å². The van der Waals surface area contributed by atoms with Gasteiger partial charge in [0, 0.05) is 17.5 Å². The van der Waals surface area contributed by atoms with Crippen LogP contribution in [-0.2, 0) is 10.5 Å². The standard InChI is InChI=1S/C15H13ClFNO2/c1-15(11-7-6-9(16)8-12(11)17)19-13-5-3-2-4-10(13)14(18)20-15/h2-8,14H,18H2,1H3. The summed E-state index contributed by atoms with van der Waals surface area (Å²) in [5, 5.41) is 0.315. The highest BCUT2D eigenvalue weighted by Crippen LogP contribution is 2.42. The number of halogens is 2. The number of para-hydroxylation sites is 1. The highest BCUT2D eigenvalue weighted by Gasteiger charge is 2.40. The average molecular weight is 294 g/mol. The molecule has 2 aromatic carbocycles. The van der Waals surface area contributed by atoms with E-state index in [0.717, 1.165) is 5.56 Å². The summed E-state index contributed by atoms with van der Waals surface area (Å²) < 4.78 is 25.6. The first-order valence-electron chi connectivity index (χ1n) is 6.16. The fourth-order valence-electron chi connectivity index (χ4n) is 2.32. The Morgan fingerprint density at radius 1 is 1.25 bits per heavy atom. The molecule has 1 aliphatic rings. The van der Waals surface area contributed by atoms with Crippen LogP contribution in [0.5, 0.6) is 5.75 Å². The number of ether oxygens (including phenoxy) is 2. The predicted octanol–water partition coefficient (Wildman–Crippen LogP) is 3.72. The molecule has 1 heterocycles. The first-order valence-corrected chi connectivity index (χ1v) is 6.54. The maximum Gasteiger partial charge on any atom is 0.239 e. The van der Waals surface area contributed by atoms with Gasteiger partial charge in [0.25, 0.3) is 0 Å². The van der Waals surface area contributed by atoms with E-state index in [0.29, 0.717) is 10.8 Å². The van der Waals surface area contributed by atoms with E-state index in [1.165, 1.54) is 6.07 Å². The van der Waals surface area contributed by atoms with Crippen molar-refractivity contribution < 1.29 is 13.9 Å². The van der Waals surface area contributed by atoms with Gasteiger partial charge in [-0.2, -0.15) is 0 Å². The summed E-state index contributed by atoms with van der Waals surface area (Å²) in [6, 6.07) is 11.6. The quantitative estimate of drug-likeness (QED) is 0.871. The first kappa shape index (κ1) is 13.4. The van der Waals surface area contributed by atoms with Crippen LogP contribution in [0.4, 0.5) is 4.39 Å². The van der Waals surface area contributed by atoms with Crippen LogP contribution in [0, 0.1) is 5.82 Å². The second-order valence-electron chi connectivity index (χ2n) is 4.75. The molecule has 0 aliphatic carbocycles. The number of hydrogen-bond donors (Lipinski definition) is 1. The molecule has 0 aromatic heterocycles. The van der Waals surface area contributed by atoms with Crippen LogP contribution in [-0.4, -0.2) is 0 Å². The third kappa shape index (κ3) is 2.16. The van der Waals surface area contributed by atoms with E-state index in [9.17, 15) is 4.39 Å². The Morgan fingerprint density at radius 2 is 2.00 bits per heavy atom. The van der Waals surface area contributed by atoms with Crippen molar-refractivity contribution in [3.05, 3.63) is 64.4 Å². The fraction of sp³-hybridized carbons (Fsp3) is 0.200. The minimum absolute atomic E-state index is 0.256. The van der Waals surface area contributed by atoms with Crippen molar-refractivity contribution in [3.8, 4) is 5.75 Å². The van der Waals surface area contributed by atoms with Gasteiger partial charge in [0.1, 0.15) is 17.8 Å². The van der Waals surface area contributed by atoms with Gasteiger partial charge < -0.3 is 15.2 Å². The average Bonchev–Trinajstić information content (AvgIpc) is 2.38. The zero-order valence-electron chi connectivity index (χ0n) is 10.8. The van der Waals surface area contributed by atoms with Gasteiger partial charge in [-0.25, -0.2) is 4.39 Å². The molecule has 3 nitrogen and oxygen atoms in total. The number of hydrogen-bond acceptors (Lipinski definition) is 3. The molecule has 0 spiro atoms. The third-order valence-electron chi connectivity index (χ3n) is 3.30. The minimum Gasteiger partial charge on any atom is -0.458 e. The molecule has 0 radical (unpaired) electrons. The van der Waals surface area contributed by atoms with Gasteiger partial charge >= 0.3 is 0 Å². The smallest absolute Gasteiger partial charge is 0.239 e. The highest BCUT2D eigenvalue weighted by molar-refractivity contribution is 6.30. The molecule has 104 valence electrons. The molecule has 2 aromatic rings. The number of rotatable bonds is 1. The zero-order chi connectivity index (χ0) is 14.3. The van der Waals surface area contributed by atoms with Crippen LogP contribution in [0.25, 0.3) is 0 Å². The monoisotopic (exact) mass is 293 g/mol. The molecule has 1 aliphatic heterocycles. The Bertz CT molecular complexity index is 664. The summed E-state index contributed by atoms with van der Waals surface area (Å²) in [6.07, 6.45) is -0.681. The zero-order valence-corrected chi connectivity index (χ0v) is 11.5. The second-order valence-corrected chi connectivity index (χ2v) is 5.18. The van der Waals surface area contributed by atoms with Crippen molar-refractivity contribution in [3.63, 3.8) is 0 Å². The van der Waals surface area contributed by atoms with Crippen molar-refractivity contribution >= 4 is 11.6 Å². The van der Waals surface area contributed by atoms with Crippen molar-refractivity contribution in [2.45, 2.75) is 18.9 Å². The van der Waals surface area contributed by atoms with Gasteiger partial charge in [-0.15, -0.1) is 0 Å². The Hall–Kier alpha value is -1.62. The predicted molar refractivity (Wildman–Crippen MR) is 73.8 cm³/mol. The van der Waals surface area contributed by atoms with Gasteiger partial charge in [-0.3, -0.25) is 0 Å². The number of nitrogens with two attached hydrogens (primary N) is 1. The summed E-state index contributed by atoms with van der Waals surface area (Å²) in [7, 11) is 0. The van der Waals surface area contributed by atoms with E-state index in [1.54, 1.807) is 25.1 Å². The lowest BCUT2D eigenvalue weighted by Gasteiger charge is -2.39. The van der Waals surface area contributed by atoms with Gasteiger partial charge in [-0.05, 0) is 24.3 Å². The molecule has 0 saturated heterocycles. The van der Waals surface area contributed by atoms with E-state index in [4.69, 9.17) is 26.8 Å². The highest BCUT2D eigenvalue weighted by atomic mass is 35.5. The van der Waals surface area contributed by atoms with Crippen LogP contribution in [0.1, 0.15) is 24.3 Å². The summed E-state index contributed by atoms with van der Waals surface area (Å²) in [5.41, 5.74) is 6.98.